The molecule has 116 valence electrons. The molecule has 1 saturated carbocycles. The van der Waals surface area contributed by atoms with Gasteiger partial charge < -0.3 is 15.8 Å². The third-order valence-electron chi connectivity index (χ3n) is 4.50. The minimum Gasteiger partial charge on any atom is -0.497 e. The van der Waals surface area contributed by atoms with Crippen LogP contribution in [-0.2, 0) is 4.79 Å². The van der Waals surface area contributed by atoms with E-state index in [2.05, 4.69) is 5.32 Å². The van der Waals surface area contributed by atoms with Crippen molar-refractivity contribution < 1.29 is 9.53 Å². The van der Waals surface area contributed by atoms with Crippen LogP contribution in [0.15, 0.2) is 24.3 Å². The molecule has 1 amide bonds. The van der Waals surface area contributed by atoms with Gasteiger partial charge in [-0.25, -0.2) is 0 Å². The van der Waals surface area contributed by atoms with Crippen LogP contribution in [0.5, 0.6) is 5.75 Å². The van der Waals surface area contributed by atoms with E-state index in [1.54, 1.807) is 7.11 Å². The first kappa shape index (κ1) is 15.8. The van der Waals surface area contributed by atoms with Crippen LogP contribution in [0.25, 0.3) is 0 Å². The standard InChI is InChI=1S/C17H26N2O2/c1-12(15-4-3-5-16(10-15)21-2)19-17(20)14-8-6-13(11-18)7-9-14/h3-5,10,12-14H,6-9,11,18H2,1-2H3,(H,19,20)/t12-,13?,14?/m1/s1. The smallest absolute Gasteiger partial charge is 0.223 e. The normalized spacial score (nSPS) is 23.4. The summed E-state index contributed by atoms with van der Waals surface area (Å²) in [5, 5.41) is 3.12. The maximum Gasteiger partial charge on any atom is 0.223 e. The lowest BCUT2D eigenvalue weighted by molar-refractivity contribution is -0.126. The molecule has 0 saturated heterocycles. The molecule has 0 spiro atoms. The molecular weight excluding hydrogens is 264 g/mol. The first-order chi connectivity index (χ1) is 10.1. The van der Waals surface area contributed by atoms with Gasteiger partial charge in [-0.05, 0) is 62.8 Å². The maximum absolute atomic E-state index is 12.4. The third kappa shape index (κ3) is 4.21. The fourth-order valence-corrected chi connectivity index (χ4v) is 2.99. The Kier molecular flexibility index (Phi) is 5.62. The molecule has 1 aromatic rings. The van der Waals surface area contributed by atoms with Gasteiger partial charge in [-0.3, -0.25) is 4.79 Å². The quantitative estimate of drug-likeness (QED) is 0.876. The van der Waals surface area contributed by atoms with Crippen molar-refractivity contribution in [2.24, 2.45) is 17.6 Å². The van der Waals surface area contributed by atoms with Gasteiger partial charge in [0.15, 0.2) is 0 Å². The molecule has 3 N–H and O–H groups in total. The van der Waals surface area contributed by atoms with Gasteiger partial charge in [-0.2, -0.15) is 0 Å². The van der Waals surface area contributed by atoms with E-state index in [1.807, 2.05) is 31.2 Å². The van der Waals surface area contributed by atoms with Crippen LogP contribution in [0.4, 0.5) is 0 Å². The molecule has 1 fully saturated rings. The Balaban J connectivity index is 1.90. The fraction of sp³-hybridized carbons (Fsp3) is 0.588. The molecule has 1 atom stereocenters. The van der Waals surface area contributed by atoms with Gasteiger partial charge in [0.05, 0.1) is 13.2 Å². The van der Waals surface area contributed by atoms with E-state index in [0.717, 1.165) is 43.5 Å². The van der Waals surface area contributed by atoms with Crippen molar-refractivity contribution in [1.29, 1.82) is 0 Å². The minimum absolute atomic E-state index is 0.000156. The minimum atomic E-state index is -0.000156. The van der Waals surface area contributed by atoms with Crippen molar-refractivity contribution in [2.75, 3.05) is 13.7 Å². The maximum atomic E-state index is 12.4. The summed E-state index contributed by atoms with van der Waals surface area (Å²) in [6.45, 7) is 2.76. The van der Waals surface area contributed by atoms with Gasteiger partial charge in [-0.15, -0.1) is 0 Å². The molecule has 0 heterocycles. The SMILES string of the molecule is COc1cccc([C@@H](C)NC(=O)C2CCC(CN)CC2)c1. The van der Waals surface area contributed by atoms with Gasteiger partial charge >= 0.3 is 0 Å². The predicted octanol–water partition coefficient (Wildman–Crippen LogP) is 2.64. The molecular formula is C17H26N2O2. The fourth-order valence-electron chi connectivity index (χ4n) is 2.99. The zero-order valence-corrected chi connectivity index (χ0v) is 13.0. The van der Waals surface area contributed by atoms with Crippen molar-refractivity contribution in [3.63, 3.8) is 0 Å². The second-order valence-electron chi connectivity index (χ2n) is 5.96. The summed E-state index contributed by atoms with van der Waals surface area (Å²) >= 11 is 0. The summed E-state index contributed by atoms with van der Waals surface area (Å²) in [5.41, 5.74) is 6.76. The first-order valence-electron chi connectivity index (χ1n) is 7.78. The summed E-state index contributed by atoms with van der Waals surface area (Å²) in [5.74, 6) is 1.73. The summed E-state index contributed by atoms with van der Waals surface area (Å²) in [4.78, 5) is 12.4. The Morgan fingerprint density at radius 3 is 2.71 bits per heavy atom. The largest absolute Gasteiger partial charge is 0.497 e. The van der Waals surface area contributed by atoms with Crippen LogP contribution < -0.4 is 15.8 Å². The molecule has 0 bridgehead atoms. The van der Waals surface area contributed by atoms with Crippen LogP contribution >= 0.6 is 0 Å². The number of rotatable bonds is 5. The highest BCUT2D eigenvalue weighted by atomic mass is 16.5. The first-order valence-corrected chi connectivity index (χ1v) is 7.78. The molecule has 0 aliphatic heterocycles. The number of carbonyl (C=O) groups is 1. The van der Waals surface area contributed by atoms with E-state index in [0.29, 0.717) is 5.92 Å². The Bertz CT molecular complexity index is 468. The molecule has 1 aromatic carbocycles. The number of ether oxygens (including phenoxy) is 1. The molecule has 1 aliphatic carbocycles. The van der Waals surface area contributed by atoms with Crippen LogP contribution in [-0.4, -0.2) is 19.6 Å². The van der Waals surface area contributed by atoms with E-state index < -0.39 is 0 Å². The lowest BCUT2D eigenvalue weighted by Gasteiger charge is -2.28. The molecule has 4 nitrogen and oxygen atoms in total. The van der Waals surface area contributed by atoms with Crippen molar-refractivity contribution >= 4 is 5.91 Å². The number of benzene rings is 1. The van der Waals surface area contributed by atoms with E-state index in [-0.39, 0.29) is 17.9 Å². The summed E-state index contributed by atoms with van der Waals surface area (Å²) in [6.07, 6.45) is 4.06. The van der Waals surface area contributed by atoms with Gasteiger partial charge in [0, 0.05) is 5.92 Å². The topological polar surface area (TPSA) is 64.3 Å². The van der Waals surface area contributed by atoms with Crippen LogP contribution in [0.1, 0.15) is 44.2 Å². The lowest BCUT2D eigenvalue weighted by atomic mass is 9.81. The van der Waals surface area contributed by atoms with Gasteiger partial charge in [0.2, 0.25) is 5.91 Å². The van der Waals surface area contributed by atoms with Crippen LogP contribution in [0, 0.1) is 11.8 Å². The van der Waals surface area contributed by atoms with Gasteiger partial charge in [-0.1, -0.05) is 12.1 Å². The number of hydrogen-bond donors (Lipinski definition) is 2. The Labute approximate surface area is 127 Å². The summed E-state index contributed by atoms with van der Waals surface area (Å²) in [7, 11) is 1.65. The van der Waals surface area contributed by atoms with Gasteiger partial charge in [0.1, 0.15) is 5.75 Å². The monoisotopic (exact) mass is 290 g/mol. The average molecular weight is 290 g/mol. The Hall–Kier alpha value is -1.55. The number of carbonyl (C=O) groups excluding carboxylic acids is 1. The summed E-state index contributed by atoms with van der Waals surface area (Å²) in [6, 6.07) is 7.84. The zero-order chi connectivity index (χ0) is 15.2. The number of nitrogens with one attached hydrogen (secondary N) is 1. The van der Waals surface area contributed by atoms with Crippen molar-refractivity contribution in [2.45, 2.75) is 38.6 Å². The molecule has 0 radical (unpaired) electrons. The van der Waals surface area contributed by atoms with Crippen molar-refractivity contribution in [1.82, 2.24) is 5.32 Å². The molecule has 0 aromatic heterocycles. The van der Waals surface area contributed by atoms with E-state index >= 15 is 0 Å². The molecule has 0 unspecified atom stereocenters. The number of methoxy groups -OCH3 is 1. The van der Waals surface area contributed by atoms with E-state index in [9.17, 15) is 4.79 Å². The lowest BCUT2D eigenvalue weighted by Crippen LogP contribution is -2.35. The molecule has 1 aliphatic rings. The van der Waals surface area contributed by atoms with Crippen LogP contribution in [0.3, 0.4) is 0 Å². The zero-order valence-electron chi connectivity index (χ0n) is 13.0. The van der Waals surface area contributed by atoms with E-state index in [1.165, 1.54) is 0 Å². The Morgan fingerprint density at radius 1 is 1.38 bits per heavy atom. The van der Waals surface area contributed by atoms with E-state index in [4.69, 9.17) is 10.5 Å². The highest BCUT2D eigenvalue weighted by Gasteiger charge is 2.26. The Morgan fingerprint density at radius 2 is 2.10 bits per heavy atom. The van der Waals surface area contributed by atoms with Gasteiger partial charge in [0.25, 0.3) is 0 Å². The average Bonchev–Trinajstić information content (AvgIpc) is 2.54. The number of hydrogen-bond acceptors (Lipinski definition) is 3. The predicted molar refractivity (Wildman–Crippen MR) is 84.1 cm³/mol. The van der Waals surface area contributed by atoms with Crippen LogP contribution in [0.2, 0.25) is 0 Å². The van der Waals surface area contributed by atoms with Crippen molar-refractivity contribution in [3.05, 3.63) is 29.8 Å². The second kappa shape index (κ2) is 7.46. The molecule has 21 heavy (non-hydrogen) atoms. The number of amides is 1. The van der Waals surface area contributed by atoms with Crippen molar-refractivity contribution in [3.8, 4) is 5.75 Å². The number of nitrogens with two attached hydrogens (primary N) is 1. The molecule has 2 rings (SSSR count). The highest BCUT2D eigenvalue weighted by molar-refractivity contribution is 5.79. The third-order valence-corrected chi connectivity index (χ3v) is 4.50. The summed E-state index contributed by atoms with van der Waals surface area (Å²) < 4.78 is 5.23. The molecule has 4 heteroatoms. The highest BCUT2D eigenvalue weighted by Crippen LogP contribution is 2.29. The second-order valence-corrected chi connectivity index (χ2v) is 5.96.